The molecule has 0 atom stereocenters. The number of carbonyl (C=O) groups is 2. The van der Waals surface area contributed by atoms with Crippen molar-refractivity contribution in [1.29, 1.82) is 0 Å². The highest BCUT2D eigenvalue weighted by atomic mass is 35.5. The number of rotatable bonds is 9. The highest BCUT2D eigenvalue weighted by Crippen LogP contribution is 2.20. The number of carbonyl (C=O) groups excluding carboxylic acids is 2. The zero-order valence-electron chi connectivity index (χ0n) is 16.8. The van der Waals surface area contributed by atoms with Crippen molar-refractivity contribution in [3.63, 3.8) is 0 Å². The van der Waals surface area contributed by atoms with Crippen LogP contribution in [0.2, 0.25) is 5.02 Å². The average Bonchev–Trinajstić information content (AvgIpc) is 3.13. The number of aromatic nitrogens is 3. The quantitative estimate of drug-likeness (QED) is 0.453. The first-order valence-corrected chi connectivity index (χ1v) is 11.4. The van der Waals surface area contributed by atoms with Crippen LogP contribution in [0.3, 0.4) is 0 Å². The summed E-state index contributed by atoms with van der Waals surface area (Å²) in [6, 6.07) is 7.03. The van der Waals surface area contributed by atoms with Crippen LogP contribution < -0.4 is 10.6 Å². The second-order valence-electron chi connectivity index (χ2n) is 7.18. The van der Waals surface area contributed by atoms with Gasteiger partial charge in [0.05, 0.1) is 12.3 Å². The Kier molecular flexibility index (Phi) is 8.33. The molecule has 0 spiro atoms. The van der Waals surface area contributed by atoms with E-state index in [1.807, 2.05) is 4.57 Å². The summed E-state index contributed by atoms with van der Waals surface area (Å²) in [6.45, 7) is 4.47. The van der Waals surface area contributed by atoms with Crippen LogP contribution in [0.25, 0.3) is 0 Å². The first kappa shape index (κ1) is 22.4. The lowest BCUT2D eigenvalue weighted by Gasteiger charge is -2.22. The van der Waals surface area contributed by atoms with Gasteiger partial charge in [-0.3, -0.25) is 9.59 Å². The van der Waals surface area contributed by atoms with Crippen LogP contribution in [-0.4, -0.2) is 38.4 Å². The van der Waals surface area contributed by atoms with Crippen molar-refractivity contribution in [3.8, 4) is 0 Å². The molecular weight excluding hydrogens is 422 g/mol. The van der Waals surface area contributed by atoms with E-state index in [0.29, 0.717) is 28.1 Å². The average molecular weight is 448 g/mol. The van der Waals surface area contributed by atoms with Crippen LogP contribution >= 0.6 is 23.4 Å². The lowest BCUT2D eigenvalue weighted by atomic mass is 9.95. The molecule has 0 saturated heterocycles. The summed E-state index contributed by atoms with van der Waals surface area (Å²) in [5.74, 6) is 0.642. The van der Waals surface area contributed by atoms with Gasteiger partial charge >= 0.3 is 0 Å². The third-order valence-corrected chi connectivity index (χ3v) is 6.10. The summed E-state index contributed by atoms with van der Waals surface area (Å²) in [5.41, 5.74) is 0.478. The summed E-state index contributed by atoms with van der Waals surface area (Å²) in [7, 11) is 0. The molecule has 1 aliphatic carbocycles. The second-order valence-corrected chi connectivity index (χ2v) is 8.56. The zero-order chi connectivity index (χ0) is 21.3. The van der Waals surface area contributed by atoms with Crippen LogP contribution in [0.5, 0.6) is 0 Å². The Balaban J connectivity index is 1.56. The van der Waals surface area contributed by atoms with E-state index in [1.54, 1.807) is 30.3 Å². The molecule has 2 aromatic rings. The van der Waals surface area contributed by atoms with Gasteiger partial charge in [0.1, 0.15) is 0 Å². The molecule has 160 valence electrons. The Morgan fingerprint density at radius 2 is 2.07 bits per heavy atom. The van der Waals surface area contributed by atoms with E-state index in [9.17, 15) is 9.59 Å². The van der Waals surface area contributed by atoms with E-state index in [0.717, 1.165) is 12.8 Å². The predicted octanol–water partition coefficient (Wildman–Crippen LogP) is 3.59. The molecule has 9 heteroatoms. The molecule has 1 aromatic carbocycles. The molecule has 0 unspecified atom stereocenters. The normalized spacial score (nSPS) is 14.3. The van der Waals surface area contributed by atoms with Gasteiger partial charge in [-0.25, -0.2) is 0 Å². The number of halogens is 1. The van der Waals surface area contributed by atoms with Gasteiger partial charge in [-0.05, 0) is 31.0 Å². The molecule has 2 N–H and O–H groups in total. The van der Waals surface area contributed by atoms with E-state index < -0.39 is 0 Å². The third kappa shape index (κ3) is 6.34. The molecule has 0 bridgehead atoms. The van der Waals surface area contributed by atoms with Crippen molar-refractivity contribution in [2.75, 3.05) is 5.75 Å². The first-order chi connectivity index (χ1) is 14.6. The van der Waals surface area contributed by atoms with Crippen molar-refractivity contribution < 1.29 is 9.59 Å². The Morgan fingerprint density at radius 3 is 2.80 bits per heavy atom. The molecular formula is C21H26ClN5O2S. The van der Waals surface area contributed by atoms with Gasteiger partial charge in [0.15, 0.2) is 11.0 Å². The largest absolute Gasteiger partial charge is 0.353 e. The first-order valence-electron chi connectivity index (χ1n) is 10.1. The van der Waals surface area contributed by atoms with Crippen LogP contribution in [0, 0.1) is 0 Å². The van der Waals surface area contributed by atoms with E-state index in [2.05, 4.69) is 27.4 Å². The fourth-order valence-corrected chi connectivity index (χ4v) is 4.37. The van der Waals surface area contributed by atoms with Crippen LogP contribution in [0.4, 0.5) is 0 Å². The Morgan fingerprint density at radius 1 is 1.27 bits per heavy atom. The van der Waals surface area contributed by atoms with Gasteiger partial charge in [0.25, 0.3) is 5.91 Å². The molecule has 0 radical (unpaired) electrons. The lowest BCUT2D eigenvalue weighted by molar-refractivity contribution is -0.119. The minimum Gasteiger partial charge on any atom is -0.353 e. The van der Waals surface area contributed by atoms with Gasteiger partial charge in [-0.2, -0.15) is 0 Å². The van der Waals surface area contributed by atoms with E-state index >= 15 is 0 Å². The summed E-state index contributed by atoms with van der Waals surface area (Å²) < 4.78 is 1.85. The number of hydrogen-bond donors (Lipinski definition) is 2. The molecule has 2 amide bonds. The second kappa shape index (κ2) is 11.2. The fourth-order valence-electron chi connectivity index (χ4n) is 3.41. The summed E-state index contributed by atoms with van der Waals surface area (Å²) >= 11 is 7.28. The molecule has 1 aromatic heterocycles. The summed E-state index contributed by atoms with van der Waals surface area (Å²) in [4.78, 5) is 24.6. The lowest BCUT2D eigenvalue weighted by Crippen LogP contribution is -2.37. The highest BCUT2D eigenvalue weighted by molar-refractivity contribution is 7.99. The summed E-state index contributed by atoms with van der Waals surface area (Å²) in [6.07, 6.45) is 7.45. The number of benzene rings is 1. The Hall–Kier alpha value is -2.32. The molecule has 0 aliphatic heterocycles. The van der Waals surface area contributed by atoms with Crippen molar-refractivity contribution in [2.45, 2.75) is 56.4 Å². The predicted molar refractivity (Wildman–Crippen MR) is 119 cm³/mol. The van der Waals surface area contributed by atoms with Gasteiger partial charge in [-0.1, -0.05) is 54.8 Å². The van der Waals surface area contributed by atoms with E-state index in [-0.39, 0.29) is 30.2 Å². The number of amides is 2. The van der Waals surface area contributed by atoms with Crippen LogP contribution in [0.1, 0.15) is 48.3 Å². The van der Waals surface area contributed by atoms with Crippen molar-refractivity contribution >= 4 is 35.2 Å². The SMILES string of the molecule is C=CCn1c(CNC(=O)c2cccc(Cl)c2)nnc1SCC(=O)NC1CCCCC1. The monoisotopic (exact) mass is 447 g/mol. The zero-order valence-corrected chi connectivity index (χ0v) is 18.3. The van der Waals surface area contributed by atoms with Crippen LogP contribution in [0.15, 0.2) is 42.1 Å². The van der Waals surface area contributed by atoms with Gasteiger partial charge in [0, 0.05) is 23.2 Å². The summed E-state index contributed by atoms with van der Waals surface area (Å²) in [5, 5.41) is 15.4. The third-order valence-electron chi connectivity index (χ3n) is 4.90. The number of nitrogens with zero attached hydrogens (tertiary/aromatic N) is 3. The maximum Gasteiger partial charge on any atom is 0.251 e. The number of nitrogens with one attached hydrogen (secondary N) is 2. The van der Waals surface area contributed by atoms with Gasteiger partial charge < -0.3 is 15.2 Å². The standard InChI is InChI=1S/C21H26ClN5O2S/c1-2-11-27-18(13-23-20(29)15-7-6-8-16(22)12-15)25-26-21(27)30-14-19(28)24-17-9-4-3-5-10-17/h2,6-8,12,17H,1,3-5,9-11,13-14H2,(H,23,29)(H,24,28). The van der Waals surface area contributed by atoms with Crippen molar-refractivity contribution in [3.05, 3.63) is 53.3 Å². The molecule has 7 nitrogen and oxygen atoms in total. The fraction of sp³-hybridized carbons (Fsp3) is 0.429. The molecule has 1 aliphatic rings. The molecule has 1 saturated carbocycles. The van der Waals surface area contributed by atoms with Gasteiger partial charge in [0.2, 0.25) is 5.91 Å². The Labute approximate surface area is 185 Å². The molecule has 3 rings (SSSR count). The maximum atomic E-state index is 12.3. The highest BCUT2D eigenvalue weighted by Gasteiger charge is 2.18. The van der Waals surface area contributed by atoms with E-state index in [1.165, 1.54) is 31.0 Å². The molecule has 30 heavy (non-hydrogen) atoms. The van der Waals surface area contributed by atoms with Gasteiger partial charge in [-0.15, -0.1) is 16.8 Å². The van der Waals surface area contributed by atoms with Crippen LogP contribution in [-0.2, 0) is 17.9 Å². The van der Waals surface area contributed by atoms with E-state index in [4.69, 9.17) is 11.6 Å². The maximum absolute atomic E-state index is 12.3. The number of allylic oxidation sites excluding steroid dienone is 1. The minimum absolute atomic E-state index is 0.0101. The number of thioether (sulfide) groups is 1. The molecule has 1 heterocycles. The molecule has 1 fully saturated rings. The van der Waals surface area contributed by atoms with Crippen molar-refractivity contribution in [2.24, 2.45) is 0 Å². The van der Waals surface area contributed by atoms with Crippen molar-refractivity contribution in [1.82, 2.24) is 25.4 Å². The smallest absolute Gasteiger partial charge is 0.251 e. The number of hydrogen-bond acceptors (Lipinski definition) is 5. The minimum atomic E-state index is -0.244. The topological polar surface area (TPSA) is 88.9 Å². The Bertz CT molecular complexity index is 895.